The maximum Gasteiger partial charge on any atom is 0.364 e. The second-order valence-electron chi connectivity index (χ2n) is 3.23. The molecule has 0 aliphatic carbocycles. The highest BCUT2D eigenvalue weighted by Gasteiger charge is 2.08. The van der Waals surface area contributed by atoms with E-state index in [1.807, 2.05) is 0 Å². The molecule has 2 N–H and O–H groups in total. The molecule has 2 rings (SSSR count). The Morgan fingerprint density at radius 3 is 2.94 bits per heavy atom. The second kappa shape index (κ2) is 3.98. The fourth-order valence-corrected chi connectivity index (χ4v) is 1.61. The molecule has 0 aliphatic heterocycles. The highest BCUT2D eigenvalue weighted by molar-refractivity contribution is 6.31. The molecular formula is C11H7ClFNO2. The lowest BCUT2D eigenvalue weighted by Gasteiger charge is -1.93. The van der Waals surface area contributed by atoms with Crippen molar-refractivity contribution < 1.29 is 14.3 Å². The van der Waals surface area contributed by atoms with Crippen molar-refractivity contribution in [3.8, 4) is 0 Å². The maximum atomic E-state index is 12.9. The van der Waals surface area contributed by atoms with Crippen molar-refractivity contribution >= 4 is 34.5 Å². The zero-order valence-electron chi connectivity index (χ0n) is 8.00. The first kappa shape index (κ1) is 10.7. The van der Waals surface area contributed by atoms with Crippen LogP contribution in [0.3, 0.4) is 0 Å². The van der Waals surface area contributed by atoms with Gasteiger partial charge in [0, 0.05) is 27.7 Å². The van der Waals surface area contributed by atoms with E-state index >= 15 is 0 Å². The van der Waals surface area contributed by atoms with Crippen LogP contribution in [0, 0.1) is 0 Å². The Morgan fingerprint density at radius 2 is 2.25 bits per heavy atom. The number of aromatic nitrogens is 1. The minimum atomic E-state index is -1.58. The number of hydrogen-bond acceptors (Lipinski definition) is 1. The van der Waals surface area contributed by atoms with E-state index in [0.29, 0.717) is 10.6 Å². The Balaban J connectivity index is 2.55. The van der Waals surface area contributed by atoms with Gasteiger partial charge in [0.15, 0.2) is 0 Å². The predicted molar refractivity (Wildman–Crippen MR) is 60.0 cm³/mol. The summed E-state index contributed by atoms with van der Waals surface area (Å²) in [5.74, 6) is -2.78. The van der Waals surface area contributed by atoms with Gasteiger partial charge < -0.3 is 10.1 Å². The molecule has 0 radical (unpaired) electrons. The van der Waals surface area contributed by atoms with E-state index in [1.54, 1.807) is 18.2 Å². The van der Waals surface area contributed by atoms with Gasteiger partial charge in [-0.3, -0.25) is 0 Å². The fraction of sp³-hybridized carbons (Fsp3) is 0. The lowest BCUT2D eigenvalue weighted by atomic mass is 10.1. The minimum Gasteiger partial charge on any atom is -0.476 e. The number of hydrogen-bond donors (Lipinski definition) is 2. The van der Waals surface area contributed by atoms with Crippen molar-refractivity contribution in [2.75, 3.05) is 0 Å². The number of aromatic amines is 1. The van der Waals surface area contributed by atoms with Gasteiger partial charge in [-0.25, -0.2) is 4.79 Å². The van der Waals surface area contributed by atoms with E-state index < -0.39 is 11.8 Å². The van der Waals surface area contributed by atoms with Crippen LogP contribution in [0.5, 0.6) is 0 Å². The first-order valence-corrected chi connectivity index (χ1v) is 4.83. The Labute approximate surface area is 95.2 Å². The van der Waals surface area contributed by atoms with Gasteiger partial charge in [0.25, 0.3) is 0 Å². The normalized spacial score (nSPS) is 12.0. The Hall–Kier alpha value is -1.81. The molecule has 0 saturated carbocycles. The van der Waals surface area contributed by atoms with Crippen LogP contribution in [0.15, 0.2) is 30.2 Å². The number of rotatable bonds is 2. The molecule has 1 heterocycles. The molecule has 0 bridgehead atoms. The van der Waals surface area contributed by atoms with Crippen LogP contribution < -0.4 is 0 Å². The smallest absolute Gasteiger partial charge is 0.364 e. The highest BCUT2D eigenvalue weighted by atomic mass is 35.5. The number of H-pyrrole nitrogens is 1. The zero-order chi connectivity index (χ0) is 11.7. The third kappa shape index (κ3) is 1.92. The number of halogens is 2. The van der Waals surface area contributed by atoms with E-state index in [2.05, 4.69) is 4.98 Å². The van der Waals surface area contributed by atoms with Crippen LogP contribution in [-0.4, -0.2) is 16.1 Å². The van der Waals surface area contributed by atoms with Crippen LogP contribution in [0.1, 0.15) is 5.56 Å². The SMILES string of the molecule is O=C(O)/C(F)=C/c1c[nH]c2cc(Cl)ccc12. The summed E-state index contributed by atoms with van der Waals surface area (Å²) in [6, 6.07) is 5.05. The van der Waals surface area contributed by atoms with Gasteiger partial charge in [-0.2, -0.15) is 4.39 Å². The molecular weight excluding hydrogens is 233 g/mol. The third-order valence-corrected chi connectivity index (χ3v) is 2.40. The average molecular weight is 240 g/mol. The summed E-state index contributed by atoms with van der Waals surface area (Å²) in [6.45, 7) is 0. The number of nitrogens with one attached hydrogen (secondary N) is 1. The van der Waals surface area contributed by atoms with Crippen molar-refractivity contribution in [1.82, 2.24) is 4.98 Å². The summed E-state index contributed by atoms with van der Waals surface area (Å²) in [7, 11) is 0. The molecule has 16 heavy (non-hydrogen) atoms. The second-order valence-corrected chi connectivity index (χ2v) is 3.67. The first-order valence-electron chi connectivity index (χ1n) is 4.45. The van der Waals surface area contributed by atoms with Gasteiger partial charge >= 0.3 is 5.97 Å². The lowest BCUT2D eigenvalue weighted by Crippen LogP contribution is -1.93. The lowest BCUT2D eigenvalue weighted by molar-refractivity contribution is -0.134. The van der Waals surface area contributed by atoms with Crippen molar-refractivity contribution in [3.63, 3.8) is 0 Å². The van der Waals surface area contributed by atoms with E-state index in [-0.39, 0.29) is 0 Å². The molecule has 0 unspecified atom stereocenters. The van der Waals surface area contributed by atoms with Crippen LogP contribution in [0.25, 0.3) is 17.0 Å². The van der Waals surface area contributed by atoms with Gasteiger partial charge in [0.1, 0.15) is 0 Å². The zero-order valence-corrected chi connectivity index (χ0v) is 8.75. The molecule has 0 amide bonds. The molecule has 0 spiro atoms. The van der Waals surface area contributed by atoms with Crippen molar-refractivity contribution in [2.45, 2.75) is 0 Å². The van der Waals surface area contributed by atoms with Crippen molar-refractivity contribution in [2.24, 2.45) is 0 Å². The van der Waals surface area contributed by atoms with Gasteiger partial charge in [-0.1, -0.05) is 17.7 Å². The topological polar surface area (TPSA) is 53.1 Å². The third-order valence-electron chi connectivity index (χ3n) is 2.16. The molecule has 0 saturated heterocycles. The predicted octanol–water partition coefficient (Wildman–Crippen LogP) is 3.22. The summed E-state index contributed by atoms with van der Waals surface area (Å²) in [5, 5.41) is 9.70. The number of carboxylic acid groups (broad SMARTS) is 1. The average Bonchev–Trinajstić information content (AvgIpc) is 2.60. The molecule has 0 aliphatic rings. The number of carboxylic acids is 1. The monoisotopic (exact) mass is 239 g/mol. The quantitative estimate of drug-likeness (QED) is 0.791. The summed E-state index contributed by atoms with van der Waals surface area (Å²) < 4.78 is 12.9. The molecule has 5 heteroatoms. The fourth-order valence-electron chi connectivity index (χ4n) is 1.44. The van der Waals surface area contributed by atoms with Crippen LogP contribution >= 0.6 is 11.6 Å². The first-order chi connectivity index (χ1) is 7.58. The van der Waals surface area contributed by atoms with Crippen LogP contribution in [0.4, 0.5) is 4.39 Å². The van der Waals surface area contributed by atoms with Crippen molar-refractivity contribution in [3.05, 3.63) is 40.8 Å². The highest BCUT2D eigenvalue weighted by Crippen LogP contribution is 2.23. The van der Waals surface area contributed by atoms with Gasteiger partial charge in [0.05, 0.1) is 0 Å². The number of aliphatic carboxylic acids is 1. The van der Waals surface area contributed by atoms with E-state index in [4.69, 9.17) is 16.7 Å². The van der Waals surface area contributed by atoms with Crippen LogP contribution in [0.2, 0.25) is 5.02 Å². The van der Waals surface area contributed by atoms with Gasteiger partial charge in [0.2, 0.25) is 5.83 Å². The van der Waals surface area contributed by atoms with E-state index in [9.17, 15) is 9.18 Å². The van der Waals surface area contributed by atoms with Gasteiger partial charge in [-0.05, 0) is 18.2 Å². The number of fused-ring (bicyclic) bond motifs is 1. The Kier molecular flexibility index (Phi) is 2.66. The summed E-state index contributed by atoms with van der Waals surface area (Å²) >= 11 is 5.78. The molecule has 2 aromatic rings. The molecule has 82 valence electrons. The number of benzene rings is 1. The molecule has 1 aromatic carbocycles. The summed E-state index contributed by atoms with van der Waals surface area (Å²) in [6.07, 6.45) is 2.50. The van der Waals surface area contributed by atoms with Gasteiger partial charge in [-0.15, -0.1) is 0 Å². The molecule has 3 nitrogen and oxygen atoms in total. The standard InChI is InChI=1S/C11H7ClFNO2/c12-7-1-2-8-6(3-9(13)11(15)16)5-14-10(8)4-7/h1-5,14H,(H,15,16)/b9-3-. The molecule has 0 atom stereocenters. The largest absolute Gasteiger partial charge is 0.476 e. The van der Waals surface area contributed by atoms with E-state index in [1.165, 1.54) is 6.20 Å². The summed E-state index contributed by atoms with van der Waals surface area (Å²) in [4.78, 5) is 13.2. The van der Waals surface area contributed by atoms with Crippen LogP contribution in [-0.2, 0) is 4.79 Å². The molecule has 1 aromatic heterocycles. The van der Waals surface area contributed by atoms with Crippen molar-refractivity contribution in [1.29, 1.82) is 0 Å². The maximum absolute atomic E-state index is 12.9. The Bertz CT molecular complexity index is 589. The summed E-state index contributed by atoms with van der Waals surface area (Å²) in [5.41, 5.74) is 1.21. The minimum absolute atomic E-state index is 0.478. The van der Waals surface area contributed by atoms with E-state index in [0.717, 1.165) is 17.0 Å². The molecule has 0 fully saturated rings. The number of carbonyl (C=O) groups is 1. The Morgan fingerprint density at radius 1 is 1.50 bits per heavy atom.